The van der Waals surface area contributed by atoms with Crippen LogP contribution in [0.15, 0.2) is 12.4 Å². The molecule has 1 heterocycles. The molecule has 0 unspecified atom stereocenters. The van der Waals surface area contributed by atoms with Crippen LogP contribution in [0.4, 0.5) is 4.79 Å². The summed E-state index contributed by atoms with van der Waals surface area (Å²) in [5.41, 5.74) is 0.704. The number of carbonyl (C=O) groups excluding carboxylic acids is 1. The molecular weight excluding hydrogens is 244 g/mol. The van der Waals surface area contributed by atoms with Crippen molar-refractivity contribution in [3.8, 4) is 0 Å². The molecule has 1 aliphatic rings. The summed E-state index contributed by atoms with van der Waals surface area (Å²) >= 11 is 0. The lowest BCUT2D eigenvalue weighted by Crippen LogP contribution is -2.52. The maximum Gasteiger partial charge on any atom is 0.407 e. The van der Waals surface area contributed by atoms with E-state index in [2.05, 4.69) is 20.8 Å². The molecule has 0 spiro atoms. The molecule has 0 saturated heterocycles. The van der Waals surface area contributed by atoms with Crippen molar-refractivity contribution in [2.75, 3.05) is 0 Å². The van der Waals surface area contributed by atoms with Crippen LogP contribution in [0.5, 0.6) is 0 Å². The third kappa shape index (κ3) is 4.55. The summed E-state index contributed by atoms with van der Waals surface area (Å²) in [6, 6.07) is 0.673. The van der Waals surface area contributed by atoms with Gasteiger partial charge in [0.1, 0.15) is 5.60 Å². The summed E-state index contributed by atoms with van der Waals surface area (Å²) in [5.74, 6) is 0. The topological polar surface area (TPSA) is 79.0 Å². The molecule has 1 aliphatic carbocycles. The number of aromatic nitrogens is 2. The van der Waals surface area contributed by atoms with E-state index in [0.29, 0.717) is 6.04 Å². The van der Waals surface area contributed by atoms with Crippen molar-refractivity contribution >= 4 is 6.09 Å². The van der Waals surface area contributed by atoms with Gasteiger partial charge in [0.15, 0.2) is 0 Å². The molecule has 19 heavy (non-hydrogen) atoms. The van der Waals surface area contributed by atoms with Gasteiger partial charge in [-0.25, -0.2) is 4.79 Å². The summed E-state index contributed by atoms with van der Waals surface area (Å²) in [7, 11) is 0. The summed E-state index contributed by atoms with van der Waals surface area (Å²) in [6.45, 7) is 6.40. The molecule has 3 N–H and O–H groups in total. The number of alkyl carbamates (subject to hydrolysis) is 1. The van der Waals surface area contributed by atoms with Crippen molar-refractivity contribution in [3.63, 3.8) is 0 Å². The van der Waals surface area contributed by atoms with Crippen LogP contribution in [-0.2, 0) is 11.3 Å². The fourth-order valence-corrected chi connectivity index (χ4v) is 2.01. The molecule has 0 atom stereocenters. The van der Waals surface area contributed by atoms with E-state index in [1.807, 2.05) is 33.2 Å². The van der Waals surface area contributed by atoms with E-state index in [9.17, 15) is 4.79 Å². The number of amides is 1. The molecule has 1 fully saturated rings. The maximum atomic E-state index is 11.5. The number of rotatable bonds is 4. The number of nitrogens with zero attached hydrogens (tertiary/aromatic N) is 1. The summed E-state index contributed by atoms with van der Waals surface area (Å²) in [6.07, 6.45) is 5.24. The van der Waals surface area contributed by atoms with Crippen LogP contribution in [-0.4, -0.2) is 34.0 Å². The molecule has 2 rings (SSSR count). The standard InChI is InChI=1S/C13H22N4O2/c1-13(2,3)19-12(18)17-11-4-10(5-11)14-6-9-7-15-16-8-9/h7-8,10-11,14H,4-6H2,1-3H3,(H,15,16)(H,17,18). The first kappa shape index (κ1) is 13.9. The summed E-state index contributed by atoms with van der Waals surface area (Å²) in [4.78, 5) is 11.5. The first-order valence-corrected chi connectivity index (χ1v) is 6.63. The van der Waals surface area contributed by atoms with E-state index in [1.54, 1.807) is 0 Å². The quantitative estimate of drug-likeness (QED) is 0.772. The Morgan fingerprint density at radius 1 is 1.47 bits per heavy atom. The van der Waals surface area contributed by atoms with Crippen LogP contribution in [0.2, 0.25) is 0 Å². The van der Waals surface area contributed by atoms with Crippen LogP contribution in [0.1, 0.15) is 39.2 Å². The van der Waals surface area contributed by atoms with E-state index >= 15 is 0 Å². The lowest BCUT2D eigenvalue weighted by Gasteiger charge is -2.36. The van der Waals surface area contributed by atoms with Crippen LogP contribution >= 0.6 is 0 Å². The zero-order chi connectivity index (χ0) is 13.9. The number of hydrogen-bond donors (Lipinski definition) is 3. The highest BCUT2D eigenvalue weighted by Gasteiger charge is 2.31. The predicted octanol–water partition coefficient (Wildman–Crippen LogP) is 1.55. The largest absolute Gasteiger partial charge is 0.444 e. The van der Waals surface area contributed by atoms with Crippen molar-refractivity contribution in [2.24, 2.45) is 0 Å². The Labute approximate surface area is 113 Å². The average Bonchev–Trinajstić information content (AvgIpc) is 2.71. The number of ether oxygens (including phenoxy) is 1. The second-order valence-corrected chi connectivity index (χ2v) is 6.00. The molecule has 6 heteroatoms. The normalized spacial score (nSPS) is 22.7. The third-order valence-electron chi connectivity index (χ3n) is 3.01. The minimum Gasteiger partial charge on any atom is -0.444 e. The minimum atomic E-state index is -0.438. The fraction of sp³-hybridized carbons (Fsp3) is 0.692. The molecular formula is C13H22N4O2. The van der Waals surface area contributed by atoms with Gasteiger partial charge in [0.25, 0.3) is 0 Å². The highest BCUT2D eigenvalue weighted by molar-refractivity contribution is 5.68. The minimum absolute atomic E-state index is 0.219. The molecule has 0 aromatic carbocycles. The summed E-state index contributed by atoms with van der Waals surface area (Å²) < 4.78 is 5.22. The van der Waals surface area contributed by atoms with Gasteiger partial charge in [-0.2, -0.15) is 5.10 Å². The summed E-state index contributed by atoms with van der Waals surface area (Å²) in [5, 5.41) is 13.0. The Kier molecular flexibility index (Phi) is 4.09. The second kappa shape index (κ2) is 5.61. The highest BCUT2D eigenvalue weighted by atomic mass is 16.6. The zero-order valence-corrected chi connectivity index (χ0v) is 11.7. The molecule has 1 amide bonds. The van der Waals surface area contributed by atoms with Crippen molar-refractivity contribution in [3.05, 3.63) is 18.0 Å². The van der Waals surface area contributed by atoms with Gasteiger partial charge < -0.3 is 15.4 Å². The van der Waals surface area contributed by atoms with E-state index in [-0.39, 0.29) is 12.1 Å². The van der Waals surface area contributed by atoms with Crippen molar-refractivity contribution in [1.82, 2.24) is 20.8 Å². The van der Waals surface area contributed by atoms with E-state index < -0.39 is 5.60 Å². The van der Waals surface area contributed by atoms with E-state index in [1.165, 1.54) is 0 Å². The smallest absolute Gasteiger partial charge is 0.407 e. The fourth-order valence-electron chi connectivity index (χ4n) is 2.01. The zero-order valence-electron chi connectivity index (χ0n) is 11.7. The monoisotopic (exact) mass is 266 g/mol. The Morgan fingerprint density at radius 3 is 2.79 bits per heavy atom. The Hall–Kier alpha value is -1.56. The molecule has 1 saturated carbocycles. The first-order chi connectivity index (χ1) is 8.92. The van der Waals surface area contributed by atoms with Gasteiger partial charge in [-0.05, 0) is 33.6 Å². The van der Waals surface area contributed by atoms with Crippen LogP contribution in [0.25, 0.3) is 0 Å². The number of nitrogens with one attached hydrogen (secondary N) is 3. The lowest BCUT2D eigenvalue weighted by molar-refractivity contribution is 0.0465. The van der Waals surface area contributed by atoms with Crippen LogP contribution in [0, 0.1) is 0 Å². The highest BCUT2D eigenvalue weighted by Crippen LogP contribution is 2.21. The SMILES string of the molecule is CC(C)(C)OC(=O)NC1CC(NCc2cn[nH]c2)C1. The van der Waals surface area contributed by atoms with Gasteiger partial charge in [-0.15, -0.1) is 0 Å². The Morgan fingerprint density at radius 2 is 2.21 bits per heavy atom. The second-order valence-electron chi connectivity index (χ2n) is 6.00. The van der Waals surface area contributed by atoms with Gasteiger partial charge in [0.05, 0.1) is 6.20 Å². The van der Waals surface area contributed by atoms with Crippen molar-refractivity contribution in [2.45, 2.75) is 57.8 Å². The molecule has 0 bridgehead atoms. The molecule has 106 valence electrons. The van der Waals surface area contributed by atoms with Crippen LogP contribution in [0.3, 0.4) is 0 Å². The molecule has 1 aromatic heterocycles. The number of H-pyrrole nitrogens is 1. The van der Waals surface area contributed by atoms with E-state index in [4.69, 9.17) is 4.74 Å². The Balaban J connectivity index is 1.60. The number of aromatic amines is 1. The number of carbonyl (C=O) groups is 1. The number of hydrogen-bond acceptors (Lipinski definition) is 4. The average molecular weight is 266 g/mol. The van der Waals surface area contributed by atoms with Gasteiger partial charge in [0.2, 0.25) is 0 Å². The predicted molar refractivity (Wildman–Crippen MR) is 71.6 cm³/mol. The van der Waals surface area contributed by atoms with Crippen molar-refractivity contribution in [1.29, 1.82) is 0 Å². The molecule has 0 aliphatic heterocycles. The third-order valence-corrected chi connectivity index (χ3v) is 3.01. The van der Waals surface area contributed by atoms with Gasteiger partial charge in [-0.3, -0.25) is 5.10 Å². The van der Waals surface area contributed by atoms with Gasteiger partial charge >= 0.3 is 6.09 Å². The first-order valence-electron chi connectivity index (χ1n) is 6.63. The van der Waals surface area contributed by atoms with Crippen LogP contribution < -0.4 is 10.6 Å². The lowest BCUT2D eigenvalue weighted by atomic mass is 9.87. The molecule has 6 nitrogen and oxygen atoms in total. The molecule has 0 radical (unpaired) electrons. The Bertz CT molecular complexity index is 405. The van der Waals surface area contributed by atoms with Gasteiger partial charge in [0, 0.05) is 30.4 Å². The molecule has 1 aromatic rings. The maximum absolute atomic E-state index is 11.5. The van der Waals surface area contributed by atoms with Gasteiger partial charge in [-0.1, -0.05) is 0 Å². The van der Waals surface area contributed by atoms with E-state index in [0.717, 1.165) is 24.9 Å². The van der Waals surface area contributed by atoms with Crippen molar-refractivity contribution < 1.29 is 9.53 Å².